The maximum atomic E-state index is 13.2. The normalized spacial score (nSPS) is 15.6. The summed E-state index contributed by atoms with van der Waals surface area (Å²) < 4.78 is 57.0. The minimum Gasteiger partial charge on any atom is -0.493 e. The number of rotatable bonds is 10. The second-order valence-electron chi connectivity index (χ2n) is 8.79. The lowest BCUT2D eigenvalue weighted by Crippen LogP contribution is -2.37. The molecule has 0 bridgehead atoms. The molecule has 3 rings (SSSR count). The van der Waals surface area contributed by atoms with E-state index >= 15 is 0 Å². The van der Waals surface area contributed by atoms with Crippen LogP contribution >= 0.6 is 0 Å². The summed E-state index contributed by atoms with van der Waals surface area (Å²) in [5.74, 6) is 1.41. The minimum absolute atomic E-state index is 0.0333. The number of alkyl halides is 3. The quantitative estimate of drug-likeness (QED) is 0.192. The van der Waals surface area contributed by atoms with Crippen molar-refractivity contribution in [2.24, 2.45) is 9.98 Å². The van der Waals surface area contributed by atoms with E-state index in [2.05, 4.69) is 22.2 Å². The molecule has 2 aromatic carbocycles. The Hall–Kier alpha value is -3.27. The van der Waals surface area contributed by atoms with E-state index in [0.29, 0.717) is 47.4 Å². The van der Waals surface area contributed by atoms with Crippen LogP contribution in [0.5, 0.6) is 11.5 Å². The number of nitrogens with zero attached hydrogens (tertiary/aromatic N) is 2. The van der Waals surface area contributed by atoms with Gasteiger partial charge in [0.25, 0.3) is 0 Å². The highest BCUT2D eigenvalue weighted by Crippen LogP contribution is 2.37. The van der Waals surface area contributed by atoms with Crippen molar-refractivity contribution < 1.29 is 27.4 Å². The van der Waals surface area contributed by atoms with E-state index in [0.717, 1.165) is 25.0 Å². The number of aliphatic imine (C=N–C) groups is 2. The van der Waals surface area contributed by atoms with Gasteiger partial charge in [0.15, 0.2) is 11.5 Å². The third-order valence-corrected chi connectivity index (χ3v) is 6.03. The average molecular weight is 507 g/mol. The van der Waals surface area contributed by atoms with Crippen molar-refractivity contribution in [1.29, 1.82) is 0 Å². The summed E-state index contributed by atoms with van der Waals surface area (Å²) in [5.41, 5.74) is 6.41. The maximum Gasteiger partial charge on any atom is 0.416 e. The van der Waals surface area contributed by atoms with Crippen LogP contribution in [0.3, 0.4) is 0 Å². The number of halogens is 3. The topological polar surface area (TPSA) is 90.5 Å². The van der Waals surface area contributed by atoms with Crippen LogP contribution in [0, 0.1) is 0 Å². The standard InChI is InChI=1S/C26H33F3N4O3/c1-5-32-21-15-22(34-4)23(35-9-10-36-25(2)7-6-8-25)14-20(21)24(31-3)33-16-17-11-18(26(27,28)29)13-19(30)12-17/h5,11-15H,6-10,16,30H2,1-4H3,(H,31,33). The van der Waals surface area contributed by atoms with Gasteiger partial charge in [-0.25, -0.2) is 0 Å². The molecule has 0 radical (unpaired) electrons. The van der Waals surface area contributed by atoms with E-state index in [4.69, 9.17) is 19.9 Å². The minimum atomic E-state index is -4.49. The number of methoxy groups -OCH3 is 1. The van der Waals surface area contributed by atoms with Crippen molar-refractivity contribution in [3.05, 3.63) is 47.0 Å². The highest BCUT2D eigenvalue weighted by molar-refractivity contribution is 6.04. The molecule has 0 unspecified atom stereocenters. The summed E-state index contributed by atoms with van der Waals surface area (Å²) in [6.45, 7) is 4.72. The van der Waals surface area contributed by atoms with E-state index in [1.807, 2.05) is 0 Å². The average Bonchev–Trinajstić information content (AvgIpc) is 2.81. The number of ether oxygens (including phenoxy) is 3. The van der Waals surface area contributed by atoms with Crippen LogP contribution in [0.4, 0.5) is 24.5 Å². The molecule has 1 fully saturated rings. The van der Waals surface area contributed by atoms with Gasteiger partial charge in [0.2, 0.25) is 0 Å². The van der Waals surface area contributed by atoms with E-state index < -0.39 is 11.7 Å². The fourth-order valence-corrected chi connectivity index (χ4v) is 3.98. The van der Waals surface area contributed by atoms with Crippen LogP contribution in [0.25, 0.3) is 0 Å². The van der Waals surface area contributed by atoms with Crippen molar-refractivity contribution >= 4 is 23.4 Å². The number of anilines is 1. The summed E-state index contributed by atoms with van der Waals surface area (Å²) in [6, 6.07) is 6.95. The first-order chi connectivity index (χ1) is 17.1. The van der Waals surface area contributed by atoms with Crippen LogP contribution in [0.1, 0.15) is 49.8 Å². The fourth-order valence-electron chi connectivity index (χ4n) is 3.98. The Morgan fingerprint density at radius 1 is 1.14 bits per heavy atom. The van der Waals surface area contributed by atoms with Crippen molar-refractivity contribution in [3.8, 4) is 11.5 Å². The number of nitrogens with one attached hydrogen (secondary N) is 1. The first-order valence-electron chi connectivity index (χ1n) is 11.7. The van der Waals surface area contributed by atoms with Gasteiger partial charge in [0, 0.05) is 37.1 Å². The predicted octanol–water partition coefficient (Wildman–Crippen LogP) is 5.52. The van der Waals surface area contributed by atoms with Gasteiger partial charge in [-0.15, -0.1) is 0 Å². The second kappa shape index (κ2) is 11.6. The molecule has 3 N–H and O–H groups in total. The zero-order valence-corrected chi connectivity index (χ0v) is 21.0. The Bertz CT molecular complexity index is 1110. The second-order valence-corrected chi connectivity index (χ2v) is 8.79. The number of benzene rings is 2. The molecular formula is C26H33F3N4O3. The highest BCUT2D eigenvalue weighted by Gasteiger charge is 2.32. The highest BCUT2D eigenvalue weighted by atomic mass is 19.4. The first kappa shape index (κ1) is 27.3. The van der Waals surface area contributed by atoms with E-state index in [9.17, 15) is 13.2 Å². The zero-order valence-electron chi connectivity index (χ0n) is 21.0. The van der Waals surface area contributed by atoms with Gasteiger partial charge in [-0.3, -0.25) is 9.98 Å². The molecule has 7 nitrogen and oxygen atoms in total. The smallest absolute Gasteiger partial charge is 0.416 e. The summed E-state index contributed by atoms with van der Waals surface area (Å²) in [4.78, 5) is 8.72. The molecule has 1 saturated carbocycles. The molecule has 0 amide bonds. The molecule has 0 saturated heterocycles. The van der Waals surface area contributed by atoms with E-state index in [1.165, 1.54) is 19.6 Å². The molecule has 1 aliphatic carbocycles. The van der Waals surface area contributed by atoms with Crippen LogP contribution in [-0.4, -0.2) is 45.0 Å². The van der Waals surface area contributed by atoms with Gasteiger partial charge in [-0.05, 0) is 62.9 Å². The Morgan fingerprint density at radius 2 is 1.89 bits per heavy atom. The number of amidine groups is 1. The van der Waals surface area contributed by atoms with Gasteiger partial charge in [0.1, 0.15) is 12.4 Å². The Balaban J connectivity index is 1.81. The van der Waals surface area contributed by atoms with Gasteiger partial charge in [-0.2, -0.15) is 13.2 Å². The third-order valence-electron chi connectivity index (χ3n) is 6.03. The predicted molar refractivity (Wildman–Crippen MR) is 136 cm³/mol. The number of nitrogen functional groups attached to an aromatic ring is 1. The summed E-state index contributed by atoms with van der Waals surface area (Å²) in [6.07, 6.45) is 0.407. The largest absolute Gasteiger partial charge is 0.493 e. The molecule has 0 atom stereocenters. The fraction of sp³-hybridized carbons (Fsp3) is 0.462. The molecule has 1 aliphatic rings. The van der Waals surface area contributed by atoms with Crippen LogP contribution < -0.4 is 20.5 Å². The van der Waals surface area contributed by atoms with Gasteiger partial charge in [0.05, 0.1) is 30.6 Å². The molecule has 0 aliphatic heterocycles. The van der Waals surface area contributed by atoms with E-state index in [1.54, 1.807) is 32.3 Å². The summed E-state index contributed by atoms with van der Waals surface area (Å²) in [7, 11) is 3.12. The first-order valence-corrected chi connectivity index (χ1v) is 11.7. The number of hydrogen-bond acceptors (Lipinski definition) is 6. The Labute approximate surface area is 209 Å². The molecule has 2 aromatic rings. The number of hydrogen-bond donors (Lipinski definition) is 2. The maximum absolute atomic E-state index is 13.2. The monoisotopic (exact) mass is 506 g/mol. The molecule has 0 spiro atoms. The van der Waals surface area contributed by atoms with Crippen LogP contribution in [0.15, 0.2) is 40.3 Å². The van der Waals surface area contributed by atoms with Crippen molar-refractivity contribution in [3.63, 3.8) is 0 Å². The lowest BCUT2D eigenvalue weighted by Gasteiger charge is -2.38. The number of nitrogens with two attached hydrogens (primary N) is 1. The Morgan fingerprint density at radius 3 is 2.47 bits per heavy atom. The molecule has 0 heterocycles. The molecule has 0 aromatic heterocycles. The van der Waals surface area contributed by atoms with E-state index in [-0.39, 0.29) is 17.8 Å². The lowest BCUT2D eigenvalue weighted by atomic mass is 9.82. The van der Waals surface area contributed by atoms with Crippen molar-refractivity contribution in [1.82, 2.24) is 5.32 Å². The van der Waals surface area contributed by atoms with Gasteiger partial charge in [-0.1, -0.05) is 0 Å². The molecule has 196 valence electrons. The van der Waals surface area contributed by atoms with Gasteiger partial charge < -0.3 is 25.3 Å². The van der Waals surface area contributed by atoms with Gasteiger partial charge >= 0.3 is 6.18 Å². The SMILES string of the molecule is CC=Nc1cc(OC)c(OCCOC2(C)CCC2)cc1C(=NC)NCc1cc(N)cc(C(F)(F)F)c1. The zero-order chi connectivity index (χ0) is 26.3. The molecule has 36 heavy (non-hydrogen) atoms. The van der Waals surface area contributed by atoms with Crippen molar-refractivity contribution in [2.75, 3.05) is 33.1 Å². The third kappa shape index (κ3) is 6.90. The summed E-state index contributed by atoms with van der Waals surface area (Å²) >= 11 is 0. The lowest BCUT2D eigenvalue weighted by molar-refractivity contribution is -0.137. The molecule has 10 heteroatoms. The summed E-state index contributed by atoms with van der Waals surface area (Å²) in [5, 5.41) is 3.11. The molecular weight excluding hydrogens is 473 g/mol. The Kier molecular flexibility index (Phi) is 8.84. The van der Waals surface area contributed by atoms with Crippen molar-refractivity contribution in [2.45, 2.75) is 51.4 Å². The van der Waals surface area contributed by atoms with Crippen LogP contribution in [0.2, 0.25) is 0 Å². The van der Waals surface area contributed by atoms with Crippen LogP contribution in [-0.2, 0) is 17.5 Å².